The van der Waals surface area contributed by atoms with Crippen molar-refractivity contribution in [2.75, 3.05) is 26.2 Å². The predicted molar refractivity (Wildman–Crippen MR) is 104 cm³/mol. The number of halogens is 4. The zero-order valence-corrected chi connectivity index (χ0v) is 22.1. The first-order valence-corrected chi connectivity index (χ1v) is 10.5. The minimum atomic E-state index is -5.48. The van der Waals surface area contributed by atoms with Gasteiger partial charge in [0.25, 0.3) is 0 Å². The number of benzene rings is 1. The van der Waals surface area contributed by atoms with E-state index in [-0.39, 0.29) is 63.5 Å². The van der Waals surface area contributed by atoms with Gasteiger partial charge in [-0.15, -0.1) is 5.46 Å². The zero-order chi connectivity index (χ0) is 22.9. The van der Waals surface area contributed by atoms with Gasteiger partial charge in [0.2, 0.25) is 0 Å². The molecule has 1 aliphatic rings. The zero-order valence-electron chi connectivity index (χ0n) is 18.1. The third-order valence-electron chi connectivity index (χ3n) is 4.43. The van der Waals surface area contributed by atoms with Crippen LogP contribution in [0.1, 0.15) is 31.9 Å². The smallest absolute Gasteiger partial charge is 0.445 e. The Kier molecular flexibility index (Phi) is 9.89. The number of rotatable bonds is 5. The van der Waals surface area contributed by atoms with Crippen molar-refractivity contribution in [3.63, 3.8) is 0 Å². The van der Waals surface area contributed by atoms with Gasteiger partial charge in [0.05, 0.1) is 0 Å². The van der Waals surface area contributed by atoms with E-state index < -0.39 is 46.0 Å². The summed E-state index contributed by atoms with van der Waals surface area (Å²) in [5, 5.41) is 0. The normalized spacial score (nSPS) is 15.9. The molecule has 1 heterocycles. The van der Waals surface area contributed by atoms with E-state index in [1.54, 1.807) is 25.7 Å². The number of hydrogen-bond acceptors (Lipinski definition) is 6. The first-order valence-electron chi connectivity index (χ1n) is 9.23. The van der Waals surface area contributed by atoms with Crippen LogP contribution in [0.2, 0.25) is 0 Å². The van der Waals surface area contributed by atoms with Gasteiger partial charge in [-0.2, -0.15) is 8.42 Å². The van der Waals surface area contributed by atoms with Gasteiger partial charge in [0, 0.05) is 32.7 Å². The Morgan fingerprint density at radius 1 is 1.13 bits per heavy atom. The quantitative estimate of drug-likeness (QED) is 0.318. The molecule has 0 saturated carbocycles. The topological polar surface area (TPSA) is 76.2 Å². The molecule has 0 aliphatic carbocycles. The first kappa shape index (κ1) is 28.7. The molecule has 1 aromatic carbocycles. The van der Waals surface area contributed by atoms with E-state index in [1.807, 2.05) is 0 Å². The van der Waals surface area contributed by atoms with Crippen LogP contribution in [0.3, 0.4) is 0 Å². The predicted octanol–water partition coefficient (Wildman–Crippen LogP) is -0.301. The van der Waals surface area contributed by atoms with Gasteiger partial charge in [-0.1, -0.05) is 9.95 Å². The summed E-state index contributed by atoms with van der Waals surface area (Å²) >= 11 is 0. The fourth-order valence-electron chi connectivity index (χ4n) is 3.07. The summed E-state index contributed by atoms with van der Waals surface area (Å²) in [4.78, 5) is 15.4. The van der Waals surface area contributed by atoms with E-state index in [2.05, 4.69) is 4.18 Å². The van der Waals surface area contributed by atoms with E-state index in [1.165, 1.54) is 4.90 Å². The van der Waals surface area contributed by atoms with E-state index in [0.29, 0.717) is 26.2 Å². The number of hydrogen-bond donors (Lipinski definition) is 0. The van der Waals surface area contributed by atoms with Gasteiger partial charge in [-0.05, 0) is 44.9 Å². The minimum absolute atomic E-state index is 0. The summed E-state index contributed by atoms with van der Waals surface area (Å²) in [6.07, 6.45) is -0.469. The second kappa shape index (κ2) is 10.7. The number of ether oxygens (including phenoxy) is 1. The van der Waals surface area contributed by atoms with Crippen LogP contribution in [-0.4, -0.2) is 63.1 Å². The SMILES string of the molecule is Cc1c(OS(=O)(=O)F)cc(CN2CCN(C(=O)OC(C)(C)C)CC2)cc1[B-](F)(F)F.[K+]. The third-order valence-corrected chi connectivity index (χ3v) is 4.81. The van der Waals surface area contributed by atoms with Crippen molar-refractivity contribution in [3.8, 4) is 5.75 Å². The van der Waals surface area contributed by atoms with Crippen LogP contribution < -0.4 is 61.0 Å². The molecule has 0 N–H and O–H groups in total. The molecule has 1 aliphatic heterocycles. The molecule has 7 nitrogen and oxygen atoms in total. The van der Waals surface area contributed by atoms with E-state index in [4.69, 9.17) is 4.74 Å². The summed E-state index contributed by atoms with van der Waals surface area (Å²) in [6, 6.07) is 1.99. The van der Waals surface area contributed by atoms with Crippen LogP contribution in [-0.2, 0) is 21.8 Å². The van der Waals surface area contributed by atoms with Gasteiger partial charge < -0.3 is 26.8 Å². The summed E-state index contributed by atoms with van der Waals surface area (Å²) < 4.78 is 84.1. The fraction of sp³-hybridized carbons (Fsp3) is 0.588. The molecule has 1 saturated heterocycles. The molecule has 0 atom stereocenters. The molecule has 2 rings (SSSR count). The van der Waals surface area contributed by atoms with Crippen molar-refractivity contribution in [3.05, 3.63) is 23.3 Å². The average Bonchev–Trinajstić information content (AvgIpc) is 2.54. The monoisotopic (exact) mass is 494 g/mol. The molecule has 0 aromatic heterocycles. The van der Waals surface area contributed by atoms with Gasteiger partial charge in [-0.25, -0.2) is 4.79 Å². The van der Waals surface area contributed by atoms with Crippen LogP contribution in [0, 0.1) is 6.92 Å². The summed E-state index contributed by atoms with van der Waals surface area (Å²) in [6.45, 7) is 2.22. The third kappa shape index (κ3) is 9.18. The Morgan fingerprint density at radius 2 is 1.68 bits per heavy atom. The molecule has 0 spiro atoms. The van der Waals surface area contributed by atoms with Crippen LogP contribution in [0.4, 0.5) is 21.6 Å². The number of carbonyl (C=O) groups is 1. The molecule has 170 valence electrons. The summed E-state index contributed by atoms with van der Waals surface area (Å²) in [5.74, 6) is -0.698. The Labute approximate surface area is 222 Å². The van der Waals surface area contributed by atoms with Crippen molar-refractivity contribution in [1.29, 1.82) is 0 Å². The number of nitrogens with zero attached hydrogens (tertiary/aromatic N) is 2. The van der Waals surface area contributed by atoms with Crippen molar-refractivity contribution in [2.45, 2.75) is 39.8 Å². The van der Waals surface area contributed by atoms with E-state index in [9.17, 15) is 30.0 Å². The van der Waals surface area contributed by atoms with Crippen molar-refractivity contribution >= 4 is 29.0 Å². The Bertz CT molecular complexity index is 901. The maximum atomic E-state index is 13.4. The fourth-order valence-corrected chi connectivity index (χ4v) is 3.45. The van der Waals surface area contributed by atoms with E-state index in [0.717, 1.165) is 19.1 Å². The largest absolute Gasteiger partial charge is 1.00 e. The van der Waals surface area contributed by atoms with Crippen LogP contribution >= 0.6 is 0 Å². The molecule has 14 heteroatoms. The van der Waals surface area contributed by atoms with Gasteiger partial charge in [0.1, 0.15) is 11.4 Å². The molecule has 0 radical (unpaired) electrons. The Morgan fingerprint density at radius 3 is 2.13 bits per heavy atom. The van der Waals surface area contributed by atoms with Gasteiger partial charge in [0.15, 0.2) is 0 Å². The van der Waals surface area contributed by atoms with Gasteiger partial charge in [-0.3, -0.25) is 4.90 Å². The summed E-state index contributed by atoms with van der Waals surface area (Å²) in [7, 11) is -5.48. The number of carbonyl (C=O) groups excluding carboxylic acids is 1. The molecule has 1 fully saturated rings. The average molecular weight is 494 g/mol. The molecular formula is C17H24BF4KN2O5S. The van der Waals surface area contributed by atoms with Gasteiger partial charge >= 0.3 is 75.0 Å². The van der Waals surface area contributed by atoms with Crippen molar-refractivity contribution in [2.24, 2.45) is 0 Å². The Balaban J connectivity index is 0.00000480. The van der Waals surface area contributed by atoms with Crippen LogP contribution in [0.5, 0.6) is 5.75 Å². The standard InChI is InChI=1S/C17H24BF4N2O5S.K/c1-12-14(18(19,20)21)9-13(10-15(12)29-30(22,26)27)11-23-5-7-24(8-6-23)16(25)28-17(2,3)4;/h9-10H,5-8,11H2,1-4H3;/q-1;+1. The molecule has 31 heavy (non-hydrogen) atoms. The molecular weight excluding hydrogens is 470 g/mol. The molecule has 0 bridgehead atoms. The van der Waals surface area contributed by atoms with Crippen LogP contribution in [0.25, 0.3) is 0 Å². The van der Waals surface area contributed by atoms with Crippen molar-refractivity contribution < 1.29 is 90.3 Å². The maximum absolute atomic E-state index is 13.4. The molecule has 0 unspecified atom stereocenters. The molecule has 1 aromatic rings. The minimum Gasteiger partial charge on any atom is -0.445 e. The second-order valence-corrected chi connectivity index (χ2v) is 9.06. The maximum Gasteiger partial charge on any atom is 1.00 e. The Hall–Kier alpha value is -0.379. The first-order chi connectivity index (χ1) is 13.5. The number of piperazine rings is 1. The van der Waals surface area contributed by atoms with E-state index >= 15 is 0 Å². The summed E-state index contributed by atoms with van der Waals surface area (Å²) in [5.41, 5.74) is -2.06. The molecule has 1 amide bonds. The van der Waals surface area contributed by atoms with Crippen LogP contribution in [0.15, 0.2) is 12.1 Å². The number of amides is 1. The second-order valence-electron chi connectivity index (χ2n) is 8.10. The van der Waals surface area contributed by atoms with Crippen molar-refractivity contribution in [1.82, 2.24) is 9.80 Å².